The third-order valence-electron chi connectivity index (χ3n) is 1.63. The quantitative estimate of drug-likeness (QED) is 0.775. The van der Waals surface area contributed by atoms with Crippen LogP contribution < -0.4 is 4.74 Å². The summed E-state index contributed by atoms with van der Waals surface area (Å²) < 4.78 is 17.9. The Kier molecular flexibility index (Phi) is 3.85. The molecule has 0 spiro atoms. The van der Waals surface area contributed by atoms with Gasteiger partial charge in [-0.25, -0.2) is 9.18 Å². The summed E-state index contributed by atoms with van der Waals surface area (Å²) in [6, 6.07) is 5.69. The Morgan fingerprint density at radius 3 is 2.93 bits per heavy atom. The van der Waals surface area contributed by atoms with Crippen LogP contribution in [-0.4, -0.2) is 17.7 Å². The van der Waals surface area contributed by atoms with Gasteiger partial charge >= 0.3 is 5.97 Å². The van der Waals surface area contributed by atoms with Crippen molar-refractivity contribution in [1.82, 2.24) is 0 Å². The number of benzene rings is 1. The van der Waals surface area contributed by atoms with Crippen molar-refractivity contribution in [3.05, 3.63) is 41.7 Å². The molecule has 0 saturated carbocycles. The molecule has 0 saturated heterocycles. The third-order valence-corrected chi connectivity index (χ3v) is 1.63. The monoisotopic (exact) mass is 210 g/mol. The molecule has 4 heteroatoms. The molecule has 3 nitrogen and oxygen atoms in total. The molecule has 0 radical (unpaired) electrons. The van der Waals surface area contributed by atoms with Gasteiger partial charge in [0.1, 0.15) is 18.2 Å². The zero-order valence-corrected chi connectivity index (χ0v) is 8.24. The van der Waals surface area contributed by atoms with Gasteiger partial charge in [0.05, 0.1) is 0 Å². The molecule has 0 unspecified atom stereocenters. The summed E-state index contributed by atoms with van der Waals surface area (Å²) in [6.07, 6.45) is 1.05. The van der Waals surface area contributed by atoms with Gasteiger partial charge in [-0.3, -0.25) is 0 Å². The second-order valence-corrected chi connectivity index (χ2v) is 3.07. The molecule has 0 aliphatic carbocycles. The zero-order valence-electron chi connectivity index (χ0n) is 8.24. The van der Waals surface area contributed by atoms with Crippen LogP contribution in [-0.2, 0) is 4.79 Å². The van der Waals surface area contributed by atoms with Crippen LogP contribution in [0.25, 0.3) is 0 Å². The van der Waals surface area contributed by atoms with Gasteiger partial charge in [0.15, 0.2) is 0 Å². The van der Waals surface area contributed by atoms with E-state index in [2.05, 4.69) is 0 Å². The summed E-state index contributed by atoms with van der Waals surface area (Å²) in [5.74, 6) is -1.02. The second kappa shape index (κ2) is 5.14. The summed E-state index contributed by atoms with van der Waals surface area (Å²) in [5.41, 5.74) is 0.562. The summed E-state index contributed by atoms with van der Waals surface area (Å²) in [7, 11) is 0. The van der Waals surface area contributed by atoms with Gasteiger partial charge in [-0.15, -0.1) is 0 Å². The highest BCUT2D eigenvalue weighted by Gasteiger charge is 1.98. The Morgan fingerprint density at radius 2 is 2.33 bits per heavy atom. The van der Waals surface area contributed by atoms with Crippen molar-refractivity contribution < 1.29 is 19.0 Å². The number of rotatable bonds is 4. The number of halogens is 1. The third kappa shape index (κ3) is 4.26. The topological polar surface area (TPSA) is 46.5 Å². The van der Waals surface area contributed by atoms with Gasteiger partial charge in [-0.1, -0.05) is 6.07 Å². The molecule has 0 bridgehead atoms. The van der Waals surface area contributed by atoms with Gasteiger partial charge in [-0.2, -0.15) is 0 Å². The van der Waals surface area contributed by atoms with Crippen LogP contribution in [0.3, 0.4) is 0 Å². The van der Waals surface area contributed by atoms with Crippen LogP contribution in [0.1, 0.15) is 6.92 Å². The molecule has 80 valence electrons. The number of carbonyl (C=O) groups is 1. The lowest BCUT2D eigenvalue weighted by atomic mass is 10.3. The lowest BCUT2D eigenvalue weighted by Crippen LogP contribution is -2.01. The summed E-state index contributed by atoms with van der Waals surface area (Å²) in [5, 5.41) is 8.43. The molecule has 0 atom stereocenters. The molecule has 0 aliphatic heterocycles. The van der Waals surface area contributed by atoms with Crippen LogP contribution in [0.5, 0.6) is 5.75 Å². The predicted molar refractivity (Wildman–Crippen MR) is 53.3 cm³/mol. The summed E-state index contributed by atoms with van der Waals surface area (Å²) >= 11 is 0. The molecule has 1 N–H and O–H groups in total. The van der Waals surface area contributed by atoms with E-state index in [1.54, 1.807) is 13.0 Å². The standard InChI is InChI=1S/C11H11FO3/c1-8(5-11(13)14)7-15-10-4-2-3-9(12)6-10/h2-6H,7H2,1H3,(H,13,14)/b8-5+. The van der Waals surface area contributed by atoms with Gasteiger partial charge in [-0.05, 0) is 24.6 Å². The Balaban J connectivity index is 2.54. The molecule has 0 aromatic heterocycles. The predicted octanol–water partition coefficient (Wildman–Crippen LogP) is 2.24. The van der Waals surface area contributed by atoms with Crippen molar-refractivity contribution in [2.24, 2.45) is 0 Å². The zero-order chi connectivity index (χ0) is 11.3. The number of carboxylic acid groups (broad SMARTS) is 1. The summed E-state index contributed by atoms with van der Waals surface area (Å²) in [6.45, 7) is 1.77. The lowest BCUT2D eigenvalue weighted by molar-refractivity contribution is -0.131. The maximum atomic E-state index is 12.7. The molecule has 0 amide bonds. The number of aliphatic carboxylic acids is 1. The van der Waals surface area contributed by atoms with Crippen molar-refractivity contribution >= 4 is 5.97 Å². The van der Waals surface area contributed by atoms with Crippen LogP contribution >= 0.6 is 0 Å². The highest BCUT2D eigenvalue weighted by atomic mass is 19.1. The SMILES string of the molecule is C/C(=C\C(=O)O)COc1cccc(F)c1. The Labute approximate surface area is 86.8 Å². The van der Waals surface area contributed by atoms with Crippen molar-refractivity contribution in [3.63, 3.8) is 0 Å². The highest BCUT2D eigenvalue weighted by Crippen LogP contribution is 2.12. The molecule has 0 aliphatic rings. The molecular weight excluding hydrogens is 199 g/mol. The molecular formula is C11H11FO3. The average Bonchev–Trinajstić information content (AvgIpc) is 2.14. The van der Waals surface area contributed by atoms with E-state index in [1.807, 2.05) is 0 Å². The largest absolute Gasteiger partial charge is 0.489 e. The smallest absolute Gasteiger partial charge is 0.328 e. The normalized spacial score (nSPS) is 11.2. The maximum Gasteiger partial charge on any atom is 0.328 e. The molecule has 1 aromatic carbocycles. The number of hydrogen-bond donors (Lipinski definition) is 1. The van der Waals surface area contributed by atoms with Crippen LogP contribution in [0, 0.1) is 5.82 Å². The highest BCUT2D eigenvalue weighted by molar-refractivity contribution is 5.80. The second-order valence-electron chi connectivity index (χ2n) is 3.07. The van der Waals surface area contributed by atoms with Gasteiger partial charge in [0, 0.05) is 12.1 Å². The van der Waals surface area contributed by atoms with Crippen molar-refractivity contribution in [2.45, 2.75) is 6.92 Å². The first-order valence-electron chi connectivity index (χ1n) is 4.36. The van der Waals surface area contributed by atoms with Crippen LogP contribution in [0.15, 0.2) is 35.9 Å². The molecule has 1 rings (SSSR count). The van der Waals surface area contributed by atoms with Gasteiger partial charge in [0.25, 0.3) is 0 Å². The first-order chi connectivity index (χ1) is 7.08. The van der Waals surface area contributed by atoms with Crippen molar-refractivity contribution in [3.8, 4) is 5.75 Å². The van der Waals surface area contributed by atoms with E-state index in [4.69, 9.17) is 9.84 Å². The van der Waals surface area contributed by atoms with E-state index in [0.717, 1.165) is 6.08 Å². The lowest BCUT2D eigenvalue weighted by Gasteiger charge is -2.05. The average molecular weight is 210 g/mol. The van der Waals surface area contributed by atoms with E-state index < -0.39 is 5.97 Å². The Hall–Kier alpha value is -1.84. The van der Waals surface area contributed by atoms with E-state index in [0.29, 0.717) is 11.3 Å². The Bertz CT molecular complexity index is 385. The molecule has 0 heterocycles. The number of carboxylic acids is 1. The summed E-state index contributed by atoms with van der Waals surface area (Å²) in [4.78, 5) is 10.3. The van der Waals surface area contributed by atoms with Crippen LogP contribution in [0.2, 0.25) is 0 Å². The first kappa shape index (κ1) is 11.2. The molecule has 15 heavy (non-hydrogen) atoms. The fraction of sp³-hybridized carbons (Fsp3) is 0.182. The van der Waals surface area contributed by atoms with E-state index >= 15 is 0 Å². The van der Waals surface area contributed by atoms with E-state index in [-0.39, 0.29) is 12.4 Å². The van der Waals surface area contributed by atoms with Gasteiger partial charge < -0.3 is 9.84 Å². The number of hydrogen-bond acceptors (Lipinski definition) is 2. The van der Waals surface area contributed by atoms with Gasteiger partial charge in [0.2, 0.25) is 0 Å². The first-order valence-corrected chi connectivity index (χ1v) is 4.36. The fourth-order valence-electron chi connectivity index (χ4n) is 1.01. The van der Waals surface area contributed by atoms with E-state index in [9.17, 15) is 9.18 Å². The minimum atomic E-state index is -1.02. The minimum absolute atomic E-state index is 0.135. The number of ether oxygens (including phenoxy) is 1. The maximum absolute atomic E-state index is 12.7. The van der Waals surface area contributed by atoms with Crippen molar-refractivity contribution in [1.29, 1.82) is 0 Å². The van der Waals surface area contributed by atoms with Crippen molar-refractivity contribution in [2.75, 3.05) is 6.61 Å². The fourth-order valence-corrected chi connectivity index (χ4v) is 1.01. The minimum Gasteiger partial charge on any atom is -0.489 e. The van der Waals surface area contributed by atoms with Crippen LogP contribution in [0.4, 0.5) is 4.39 Å². The Morgan fingerprint density at radius 1 is 1.60 bits per heavy atom. The molecule has 0 fully saturated rings. The van der Waals surface area contributed by atoms with E-state index in [1.165, 1.54) is 18.2 Å². The molecule has 1 aromatic rings.